The van der Waals surface area contributed by atoms with Crippen molar-refractivity contribution in [2.45, 2.75) is 39.2 Å². The minimum atomic E-state index is -0.350. The minimum absolute atomic E-state index is 0.246. The molecule has 88 valence electrons. The van der Waals surface area contributed by atoms with Gasteiger partial charge in [0.1, 0.15) is 6.04 Å². The van der Waals surface area contributed by atoms with Gasteiger partial charge < -0.3 is 9.64 Å². The third kappa shape index (κ3) is 4.81. The zero-order valence-corrected chi connectivity index (χ0v) is 10.4. The predicted octanol–water partition coefficient (Wildman–Crippen LogP) is 1.70. The van der Waals surface area contributed by atoms with Crippen LogP contribution in [0.5, 0.6) is 0 Å². The van der Waals surface area contributed by atoms with Crippen LogP contribution < -0.4 is 0 Å². The number of carbonyl (C=O) groups is 1. The molecule has 0 saturated heterocycles. The second-order valence-electron chi connectivity index (χ2n) is 3.62. The lowest BCUT2D eigenvalue weighted by atomic mass is 10.2. The summed E-state index contributed by atoms with van der Waals surface area (Å²) in [5.74, 6) is 0.684. The number of hydrogen-bond donors (Lipinski definition) is 0. The zero-order chi connectivity index (χ0) is 11.8. The molecule has 0 heterocycles. The third-order valence-corrected chi connectivity index (χ3v) is 2.17. The number of methoxy groups -OCH3 is 1. The molecule has 0 rings (SSSR count). The lowest BCUT2D eigenvalue weighted by molar-refractivity contribution is -0.142. The Balaban J connectivity index is 4.68. The van der Waals surface area contributed by atoms with Gasteiger partial charge >= 0.3 is 5.97 Å². The van der Waals surface area contributed by atoms with E-state index >= 15 is 0 Å². The van der Waals surface area contributed by atoms with Gasteiger partial charge in [0, 0.05) is 20.5 Å². The van der Waals surface area contributed by atoms with Gasteiger partial charge in [-0.25, -0.2) is 4.79 Å². The van der Waals surface area contributed by atoms with E-state index in [1.807, 2.05) is 32.8 Å². The molecular formula is C11H22N2O2. The first kappa shape index (κ1) is 13.9. The Morgan fingerprint density at radius 1 is 1.40 bits per heavy atom. The van der Waals surface area contributed by atoms with Crippen molar-refractivity contribution in [3.63, 3.8) is 0 Å². The first-order chi connectivity index (χ1) is 7.06. The summed E-state index contributed by atoms with van der Waals surface area (Å²) in [5.41, 5.74) is 0. The molecule has 0 aliphatic rings. The Labute approximate surface area is 92.3 Å². The van der Waals surface area contributed by atoms with Crippen LogP contribution in [0.15, 0.2) is 4.99 Å². The van der Waals surface area contributed by atoms with Crippen LogP contribution in [-0.4, -0.2) is 44.0 Å². The molecule has 0 fully saturated rings. The molecule has 0 radical (unpaired) electrons. The molecule has 0 aromatic rings. The van der Waals surface area contributed by atoms with E-state index in [0.29, 0.717) is 0 Å². The number of aliphatic imine (C=N–C) groups is 1. The Morgan fingerprint density at radius 3 is 2.33 bits per heavy atom. The van der Waals surface area contributed by atoms with Crippen molar-refractivity contribution < 1.29 is 9.53 Å². The Bertz CT molecular complexity index is 225. The van der Waals surface area contributed by atoms with Gasteiger partial charge in [-0.2, -0.15) is 0 Å². The van der Waals surface area contributed by atoms with Crippen LogP contribution in [0.4, 0.5) is 0 Å². The largest absolute Gasteiger partial charge is 0.467 e. The maximum absolute atomic E-state index is 11.4. The summed E-state index contributed by atoms with van der Waals surface area (Å²) in [4.78, 5) is 17.8. The van der Waals surface area contributed by atoms with E-state index in [1.54, 1.807) is 0 Å². The summed E-state index contributed by atoms with van der Waals surface area (Å²) >= 11 is 0. The summed E-state index contributed by atoms with van der Waals surface area (Å²) in [6.45, 7) is 4.06. The molecule has 0 aliphatic carbocycles. The van der Waals surface area contributed by atoms with Crippen LogP contribution in [0.2, 0.25) is 0 Å². The normalized spacial score (nSPS) is 13.5. The number of ether oxygens (including phenoxy) is 1. The molecular weight excluding hydrogens is 192 g/mol. The fourth-order valence-electron chi connectivity index (χ4n) is 1.35. The molecule has 0 aromatic heterocycles. The summed E-state index contributed by atoms with van der Waals surface area (Å²) in [6.07, 6.45) is 2.49. The first-order valence-electron chi connectivity index (χ1n) is 5.38. The molecule has 15 heavy (non-hydrogen) atoms. The Hall–Kier alpha value is -1.06. The number of carbonyl (C=O) groups excluding carboxylic acids is 1. The van der Waals surface area contributed by atoms with E-state index < -0.39 is 0 Å². The quantitative estimate of drug-likeness (QED) is 0.397. The van der Waals surface area contributed by atoms with Crippen molar-refractivity contribution in [2.75, 3.05) is 21.2 Å². The molecule has 1 unspecified atom stereocenters. The highest BCUT2D eigenvalue weighted by molar-refractivity contribution is 5.85. The van der Waals surface area contributed by atoms with Crippen molar-refractivity contribution in [1.29, 1.82) is 0 Å². The number of amidine groups is 1. The van der Waals surface area contributed by atoms with E-state index in [2.05, 4.69) is 4.99 Å². The molecule has 0 N–H and O–H groups in total. The Morgan fingerprint density at radius 2 is 2.00 bits per heavy atom. The van der Waals surface area contributed by atoms with Gasteiger partial charge in [0.15, 0.2) is 0 Å². The van der Waals surface area contributed by atoms with Crippen molar-refractivity contribution >= 4 is 11.8 Å². The Kier molecular flexibility index (Phi) is 6.75. The van der Waals surface area contributed by atoms with E-state index in [1.165, 1.54) is 7.11 Å². The smallest absolute Gasteiger partial charge is 0.330 e. The maximum atomic E-state index is 11.4. The highest BCUT2D eigenvalue weighted by Gasteiger charge is 2.17. The molecule has 0 saturated carbocycles. The van der Waals surface area contributed by atoms with E-state index in [0.717, 1.165) is 25.1 Å². The van der Waals surface area contributed by atoms with Gasteiger partial charge in [-0.3, -0.25) is 4.99 Å². The van der Waals surface area contributed by atoms with Gasteiger partial charge in [-0.15, -0.1) is 0 Å². The number of rotatable bonds is 5. The standard InChI is InChI=1S/C11H22N2O2/c1-6-8-9(11(14)15-5)12-10(7-2)13(3)4/h9H,6-8H2,1-5H3. The van der Waals surface area contributed by atoms with Crippen LogP contribution in [0.1, 0.15) is 33.1 Å². The minimum Gasteiger partial charge on any atom is -0.467 e. The topological polar surface area (TPSA) is 41.9 Å². The number of nitrogens with zero attached hydrogens (tertiary/aromatic N) is 2. The lowest BCUT2D eigenvalue weighted by Gasteiger charge is -2.17. The van der Waals surface area contributed by atoms with Gasteiger partial charge in [-0.1, -0.05) is 20.3 Å². The molecule has 4 heteroatoms. The average Bonchev–Trinajstić information content (AvgIpc) is 2.22. The second-order valence-corrected chi connectivity index (χ2v) is 3.62. The molecule has 0 spiro atoms. The number of esters is 1. The molecule has 0 amide bonds. The fourth-order valence-corrected chi connectivity index (χ4v) is 1.35. The van der Waals surface area contributed by atoms with E-state index in [-0.39, 0.29) is 12.0 Å². The van der Waals surface area contributed by atoms with Crippen LogP contribution in [0, 0.1) is 0 Å². The molecule has 0 aromatic carbocycles. The molecule has 0 aliphatic heterocycles. The van der Waals surface area contributed by atoms with Gasteiger partial charge in [0.05, 0.1) is 12.9 Å². The van der Waals surface area contributed by atoms with Crippen molar-refractivity contribution in [2.24, 2.45) is 4.99 Å². The van der Waals surface area contributed by atoms with Crippen LogP contribution in [0.25, 0.3) is 0 Å². The third-order valence-electron chi connectivity index (χ3n) is 2.17. The zero-order valence-electron chi connectivity index (χ0n) is 10.4. The monoisotopic (exact) mass is 214 g/mol. The lowest BCUT2D eigenvalue weighted by Crippen LogP contribution is -2.27. The fraction of sp³-hybridized carbons (Fsp3) is 0.818. The molecule has 0 bridgehead atoms. The second kappa shape index (κ2) is 7.26. The summed E-state index contributed by atoms with van der Waals surface area (Å²) in [7, 11) is 5.27. The highest BCUT2D eigenvalue weighted by atomic mass is 16.5. The average molecular weight is 214 g/mol. The van der Waals surface area contributed by atoms with Crippen LogP contribution in [-0.2, 0) is 9.53 Å². The van der Waals surface area contributed by atoms with Crippen LogP contribution >= 0.6 is 0 Å². The van der Waals surface area contributed by atoms with Gasteiger partial charge in [0.25, 0.3) is 0 Å². The van der Waals surface area contributed by atoms with Crippen molar-refractivity contribution in [3.8, 4) is 0 Å². The van der Waals surface area contributed by atoms with E-state index in [9.17, 15) is 4.79 Å². The SMILES string of the molecule is CCCC(N=C(CC)N(C)C)C(=O)OC. The summed E-state index contributed by atoms with van der Waals surface area (Å²) in [5, 5.41) is 0. The molecule has 1 atom stereocenters. The highest BCUT2D eigenvalue weighted by Crippen LogP contribution is 2.06. The van der Waals surface area contributed by atoms with Gasteiger partial charge in [-0.05, 0) is 6.42 Å². The van der Waals surface area contributed by atoms with Crippen LogP contribution in [0.3, 0.4) is 0 Å². The number of hydrogen-bond acceptors (Lipinski definition) is 3. The maximum Gasteiger partial charge on any atom is 0.330 e. The molecule has 4 nitrogen and oxygen atoms in total. The van der Waals surface area contributed by atoms with Crippen molar-refractivity contribution in [3.05, 3.63) is 0 Å². The van der Waals surface area contributed by atoms with Crippen molar-refractivity contribution in [1.82, 2.24) is 4.90 Å². The summed E-state index contributed by atoms with van der Waals surface area (Å²) < 4.78 is 4.73. The van der Waals surface area contributed by atoms with Gasteiger partial charge in [0.2, 0.25) is 0 Å². The predicted molar refractivity (Wildman–Crippen MR) is 62.1 cm³/mol. The van der Waals surface area contributed by atoms with E-state index in [4.69, 9.17) is 4.74 Å². The first-order valence-corrected chi connectivity index (χ1v) is 5.38. The summed E-state index contributed by atoms with van der Waals surface area (Å²) in [6, 6.07) is -0.350.